The minimum Gasteiger partial charge on any atom is -0.356 e. The molecule has 3 saturated heterocycles. The number of piperidine rings is 2. The van der Waals surface area contributed by atoms with Gasteiger partial charge in [0.2, 0.25) is 5.91 Å². The molecule has 0 aliphatic carbocycles. The van der Waals surface area contributed by atoms with E-state index >= 15 is 0 Å². The lowest BCUT2D eigenvalue weighted by atomic mass is 9.83. The Bertz CT molecular complexity index is 752. The van der Waals surface area contributed by atoms with Gasteiger partial charge in [-0.1, -0.05) is 36.8 Å². The van der Waals surface area contributed by atoms with Gasteiger partial charge in [-0.15, -0.1) is 0 Å². The Kier molecular flexibility index (Phi) is 6.13. The molecule has 3 fully saturated rings. The maximum atomic E-state index is 12.6. The number of carbonyl (C=O) groups is 3. The second kappa shape index (κ2) is 8.95. The van der Waals surface area contributed by atoms with Crippen molar-refractivity contribution in [2.45, 2.75) is 57.2 Å². The highest BCUT2D eigenvalue weighted by Gasteiger charge is 2.39. The Morgan fingerprint density at radius 3 is 2.69 bits per heavy atom. The highest BCUT2D eigenvalue weighted by Crippen LogP contribution is 2.30. The van der Waals surface area contributed by atoms with Crippen molar-refractivity contribution in [1.82, 2.24) is 20.4 Å². The van der Waals surface area contributed by atoms with Gasteiger partial charge in [-0.2, -0.15) is 0 Å². The van der Waals surface area contributed by atoms with Crippen LogP contribution in [0.5, 0.6) is 0 Å². The van der Waals surface area contributed by atoms with Crippen LogP contribution >= 0.6 is 0 Å². The van der Waals surface area contributed by atoms with E-state index in [1.165, 1.54) is 43.7 Å². The van der Waals surface area contributed by atoms with Crippen molar-refractivity contribution < 1.29 is 14.4 Å². The van der Waals surface area contributed by atoms with Crippen molar-refractivity contribution >= 4 is 17.8 Å². The van der Waals surface area contributed by atoms with E-state index in [1.54, 1.807) is 0 Å². The van der Waals surface area contributed by atoms with E-state index in [4.69, 9.17) is 0 Å². The molecule has 29 heavy (non-hydrogen) atoms. The van der Waals surface area contributed by atoms with Crippen LogP contribution in [0, 0.1) is 5.92 Å². The summed E-state index contributed by atoms with van der Waals surface area (Å²) in [6.45, 7) is 3.23. The third kappa shape index (κ3) is 4.61. The molecule has 3 atom stereocenters. The number of nitrogens with zero attached hydrogens (tertiary/aromatic N) is 2. The summed E-state index contributed by atoms with van der Waals surface area (Å²) in [4.78, 5) is 41.0. The van der Waals surface area contributed by atoms with Crippen LogP contribution in [0.15, 0.2) is 30.3 Å². The molecule has 1 aromatic carbocycles. The van der Waals surface area contributed by atoms with E-state index < -0.39 is 12.1 Å². The second-order valence-corrected chi connectivity index (χ2v) is 8.42. The van der Waals surface area contributed by atoms with Crippen LogP contribution in [0.2, 0.25) is 0 Å². The molecule has 3 aliphatic rings. The van der Waals surface area contributed by atoms with E-state index in [-0.39, 0.29) is 24.8 Å². The van der Waals surface area contributed by atoms with Gasteiger partial charge in [0, 0.05) is 12.6 Å². The molecule has 3 heterocycles. The predicted octanol–water partition coefficient (Wildman–Crippen LogP) is 1.88. The van der Waals surface area contributed by atoms with Crippen molar-refractivity contribution in [2.24, 2.45) is 5.92 Å². The van der Waals surface area contributed by atoms with Crippen LogP contribution < -0.4 is 10.6 Å². The van der Waals surface area contributed by atoms with Crippen LogP contribution in [0.3, 0.4) is 0 Å². The van der Waals surface area contributed by atoms with Crippen molar-refractivity contribution in [3.05, 3.63) is 35.9 Å². The molecular weight excluding hydrogens is 368 g/mol. The van der Waals surface area contributed by atoms with Gasteiger partial charge in [0.25, 0.3) is 5.91 Å². The number of nitrogens with one attached hydrogen (secondary N) is 2. The number of fused-ring (bicyclic) bond motifs is 1. The maximum absolute atomic E-state index is 12.6. The van der Waals surface area contributed by atoms with E-state index in [0.29, 0.717) is 18.5 Å². The minimum atomic E-state index is -0.774. The lowest BCUT2D eigenvalue weighted by molar-refractivity contribution is -0.131. The molecule has 2 N–H and O–H groups in total. The second-order valence-electron chi connectivity index (χ2n) is 8.42. The molecule has 3 aliphatic heterocycles. The first kappa shape index (κ1) is 19.9. The zero-order valence-electron chi connectivity index (χ0n) is 16.8. The van der Waals surface area contributed by atoms with Crippen LogP contribution in [-0.4, -0.2) is 59.4 Å². The first-order valence-electron chi connectivity index (χ1n) is 10.8. The third-order valence-corrected chi connectivity index (χ3v) is 6.47. The summed E-state index contributed by atoms with van der Waals surface area (Å²) >= 11 is 0. The number of hydrogen-bond donors (Lipinski definition) is 2. The standard InChI is InChI=1S/C22H30N4O3/c27-20(23-14-17-9-6-12-25-11-5-4-10-19(17)25)13-18-21(28)26(22(29)24-18)15-16-7-2-1-3-8-16/h1-3,7-8,17-19H,4-6,9-15H2,(H,23,27)(H,24,29)/t17-,18+,19-/m1/s1. The molecule has 7 heteroatoms. The molecular formula is C22H30N4O3. The summed E-state index contributed by atoms with van der Waals surface area (Å²) in [7, 11) is 0. The zero-order valence-corrected chi connectivity index (χ0v) is 16.8. The molecule has 0 unspecified atom stereocenters. The van der Waals surface area contributed by atoms with Gasteiger partial charge < -0.3 is 15.5 Å². The van der Waals surface area contributed by atoms with Crippen LogP contribution in [0.25, 0.3) is 0 Å². The number of amides is 4. The fourth-order valence-electron chi connectivity index (χ4n) is 4.95. The average molecular weight is 399 g/mol. The summed E-state index contributed by atoms with van der Waals surface area (Å²) in [5.41, 5.74) is 0.885. The fraction of sp³-hybridized carbons (Fsp3) is 0.591. The number of imide groups is 1. The topological polar surface area (TPSA) is 81.8 Å². The molecule has 0 saturated carbocycles. The minimum absolute atomic E-state index is 0.00301. The molecule has 0 radical (unpaired) electrons. The summed E-state index contributed by atoms with van der Waals surface area (Å²) in [5, 5.41) is 5.68. The Hall–Kier alpha value is -2.41. The quantitative estimate of drug-likeness (QED) is 0.717. The van der Waals surface area contributed by atoms with Gasteiger partial charge in [0.15, 0.2) is 0 Å². The van der Waals surface area contributed by atoms with Gasteiger partial charge in [0.1, 0.15) is 6.04 Å². The summed E-state index contributed by atoms with van der Waals surface area (Å²) < 4.78 is 0. The first-order valence-corrected chi connectivity index (χ1v) is 10.8. The van der Waals surface area contributed by atoms with Crippen LogP contribution in [0.4, 0.5) is 4.79 Å². The molecule has 0 spiro atoms. The molecule has 1 aromatic rings. The van der Waals surface area contributed by atoms with Gasteiger partial charge in [0.05, 0.1) is 13.0 Å². The Balaban J connectivity index is 1.27. The monoisotopic (exact) mass is 398 g/mol. The Morgan fingerprint density at radius 2 is 1.86 bits per heavy atom. The number of benzene rings is 1. The van der Waals surface area contributed by atoms with Crippen molar-refractivity contribution in [3.63, 3.8) is 0 Å². The largest absolute Gasteiger partial charge is 0.356 e. The SMILES string of the molecule is O=C(C[C@@H]1NC(=O)N(Cc2ccccc2)C1=O)NC[C@H]1CCCN2CCCC[C@H]12. The third-order valence-electron chi connectivity index (χ3n) is 6.47. The van der Waals surface area contributed by atoms with Crippen LogP contribution in [-0.2, 0) is 16.1 Å². The van der Waals surface area contributed by atoms with Gasteiger partial charge in [-0.25, -0.2) is 4.79 Å². The smallest absolute Gasteiger partial charge is 0.325 e. The van der Waals surface area contributed by atoms with E-state index in [2.05, 4.69) is 15.5 Å². The lowest BCUT2D eigenvalue weighted by Crippen LogP contribution is -2.51. The zero-order chi connectivity index (χ0) is 20.2. The normalized spacial score (nSPS) is 27.4. The van der Waals surface area contributed by atoms with Crippen molar-refractivity contribution in [2.75, 3.05) is 19.6 Å². The van der Waals surface area contributed by atoms with Crippen LogP contribution in [0.1, 0.15) is 44.1 Å². The molecule has 4 amide bonds. The summed E-state index contributed by atoms with van der Waals surface area (Å²) in [6.07, 6.45) is 6.08. The Morgan fingerprint density at radius 1 is 1.07 bits per heavy atom. The first-order chi connectivity index (χ1) is 14.1. The summed E-state index contributed by atoms with van der Waals surface area (Å²) in [6, 6.07) is 8.76. The molecule has 0 bridgehead atoms. The van der Waals surface area contributed by atoms with Gasteiger partial charge in [-0.05, 0) is 50.3 Å². The lowest BCUT2D eigenvalue weighted by Gasteiger charge is -2.44. The Labute approximate surface area is 171 Å². The highest BCUT2D eigenvalue weighted by atomic mass is 16.2. The maximum Gasteiger partial charge on any atom is 0.325 e. The van der Waals surface area contributed by atoms with Gasteiger partial charge in [-0.3, -0.25) is 14.5 Å². The van der Waals surface area contributed by atoms with E-state index in [1.807, 2.05) is 30.3 Å². The van der Waals surface area contributed by atoms with Gasteiger partial charge >= 0.3 is 6.03 Å². The number of carbonyl (C=O) groups excluding carboxylic acids is 3. The molecule has 4 rings (SSSR count). The molecule has 7 nitrogen and oxygen atoms in total. The highest BCUT2D eigenvalue weighted by molar-refractivity contribution is 6.05. The number of hydrogen-bond acceptors (Lipinski definition) is 4. The average Bonchev–Trinajstić information content (AvgIpc) is 3.00. The number of urea groups is 1. The number of rotatable bonds is 6. The fourth-order valence-corrected chi connectivity index (χ4v) is 4.95. The van der Waals surface area contributed by atoms with E-state index in [9.17, 15) is 14.4 Å². The van der Waals surface area contributed by atoms with Crippen molar-refractivity contribution in [1.29, 1.82) is 0 Å². The van der Waals surface area contributed by atoms with E-state index in [0.717, 1.165) is 12.0 Å². The van der Waals surface area contributed by atoms with Crippen molar-refractivity contribution in [3.8, 4) is 0 Å². The predicted molar refractivity (Wildman–Crippen MR) is 109 cm³/mol. The molecule has 0 aromatic heterocycles. The summed E-state index contributed by atoms with van der Waals surface area (Å²) in [5.74, 6) is -0.0141. The molecule has 156 valence electrons.